The third-order valence-electron chi connectivity index (χ3n) is 3.07. The van der Waals surface area contributed by atoms with E-state index in [1.54, 1.807) is 6.20 Å². The van der Waals surface area contributed by atoms with Crippen LogP contribution in [0, 0.1) is 5.92 Å². The maximum atomic E-state index is 11.8. The first-order valence-electron chi connectivity index (χ1n) is 6.91. The fourth-order valence-electron chi connectivity index (χ4n) is 1.83. The molecular weight excluding hydrogens is 284 g/mol. The Morgan fingerprint density at radius 3 is 2.67 bits per heavy atom. The lowest BCUT2D eigenvalue weighted by atomic mass is 10.0. The highest BCUT2D eigenvalue weighted by Gasteiger charge is 2.14. The third kappa shape index (κ3) is 5.07. The molecule has 0 spiro atoms. The van der Waals surface area contributed by atoms with Crippen molar-refractivity contribution in [3.63, 3.8) is 0 Å². The van der Waals surface area contributed by atoms with Crippen LogP contribution in [0.3, 0.4) is 0 Å². The molecular formula is C15H20N4OS. The summed E-state index contributed by atoms with van der Waals surface area (Å²) in [5.74, 6) is 0.394. The molecule has 21 heavy (non-hydrogen) atoms. The Bertz CT molecular complexity index is 542. The highest BCUT2D eigenvalue weighted by atomic mass is 32.1. The molecule has 0 aliphatic heterocycles. The minimum atomic E-state index is -0.231. The van der Waals surface area contributed by atoms with Crippen molar-refractivity contribution in [1.29, 1.82) is 0 Å². The van der Waals surface area contributed by atoms with Gasteiger partial charge in [0.15, 0.2) is 5.13 Å². The fraction of sp³-hybridized carbons (Fsp3) is 0.333. The van der Waals surface area contributed by atoms with Crippen molar-refractivity contribution < 1.29 is 4.79 Å². The average Bonchev–Trinajstić information content (AvgIpc) is 2.97. The number of benzene rings is 1. The van der Waals surface area contributed by atoms with Crippen LogP contribution >= 0.6 is 11.3 Å². The molecule has 1 heterocycles. The summed E-state index contributed by atoms with van der Waals surface area (Å²) in [6, 6.07) is 9.93. The molecule has 0 aliphatic carbocycles. The Kier molecular flexibility index (Phi) is 5.57. The molecule has 0 unspecified atom stereocenters. The summed E-state index contributed by atoms with van der Waals surface area (Å²) in [6.07, 6.45) is 1.66. The van der Waals surface area contributed by atoms with E-state index in [1.165, 1.54) is 11.3 Å². The number of hydrogen-bond acceptors (Lipinski definition) is 4. The summed E-state index contributed by atoms with van der Waals surface area (Å²) >= 11 is 1.40. The topological polar surface area (TPSA) is 66.0 Å². The largest absolute Gasteiger partial charge is 0.380 e. The van der Waals surface area contributed by atoms with Gasteiger partial charge < -0.3 is 10.6 Å². The number of amides is 2. The van der Waals surface area contributed by atoms with Gasteiger partial charge in [0.05, 0.1) is 0 Å². The number of nitrogens with one attached hydrogen (secondary N) is 3. The summed E-state index contributed by atoms with van der Waals surface area (Å²) < 4.78 is 0. The second kappa shape index (κ2) is 7.64. The summed E-state index contributed by atoms with van der Waals surface area (Å²) in [5, 5.41) is 11.4. The van der Waals surface area contributed by atoms with Gasteiger partial charge in [0.1, 0.15) is 0 Å². The predicted octanol–water partition coefficient (Wildman–Crippen LogP) is 3.40. The second-order valence-corrected chi connectivity index (χ2v) is 5.93. The van der Waals surface area contributed by atoms with Crippen molar-refractivity contribution in [2.24, 2.45) is 5.92 Å². The Hall–Kier alpha value is -2.08. The zero-order valence-electron chi connectivity index (χ0n) is 12.2. The molecule has 1 atom stereocenters. The van der Waals surface area contributed by atoms with Crippen LogP contribution in [0.15, 0.2) is 41.9 Å². The molecule has 1 aromatic carbocycles. The molecule has 112 valence electrons. The monoisotopic (exact) mass is 304 g/mol. The molecule has 0 saturated heterocycles. The van der Waals surface area contributed by atoms with E-state index in [2.05, 4.69) is 34.8 Å². The fourth-order valence-corrected chi connectivity index (χ4v) is 2.35. The number of thiazole rings is 1. The number of carbonyl (C=O) groups excluding carboxylic acids is 1. The molecule has 6 heteroatoms. The van der Waals surface area contributed by atoms with Crippen LogP contribution in [0.25, 0.3) is 0 Å². The molecule has 0 saturated carbocycles. The summed E-state index contributed by atoms with van der Waals surface area (Å²) in [6.45, 7) is 4.80. The van der Waals surface area contributed by atoms with Crippen molar-refractivity contribution in [3.8, 4) is 0 Å². The Morgan fingerprint density at radius 1 is 1.29 bits per heavy atom. The van der Waals surface area contributed by atoms with E-state index in [0.717, 1.165) is 5.69 Å². The van der Waals surface area contributed by atoms with Crippen LogP contribution in [0.2, 0.25) is 0 Å². The lowest BCUT2D eigenvalue weighted by Crippen LogP contribution is -2.41. The van der Waals surface area contributed by atoms with Crippen LogP contribution in [0.4, 0.5) is 15.6 Å². The van der Waals surface area contributed by atoms with Gasteiger partial charge in [0.2, 0.25) is 0 Å². The van der Waals surface area contributed by atoms with Crippen LogP contribution in [-0.4, -0.2) is 23.6 Å². The van der Waals surface area contributed by atoms with Gasteiger partial charge >= 0.3 is 6.03 Å². The molecule has 2 amide bonds. The van der Waals surface area contributed by atoms with Gasteiger partial charge in [-0.1, -0.05) is 32.0 Å². The highest BCUT2D eigenvalue weighted by molar-refractivity contribution is 7.13. The minimum absolute atomic E-state index is 0.162. The van der Waals surface area contributed by atoms with Gasteiger partial charge in [-0.15, -0.1) is 11.3 Å². The third-order valence-corrected chi connectivity index (χ3v) is 3.75. The maximum Gasteiger partial charge on any atom is 0.321 e. The first kappa shape index (κ1) is 15.3. The van der Waals surface area contributed by atoms with Crippen molar-refractivity contribution >= 4 is 28.2 Å². The predicted molar refractivity (Wildman–Crippen MR) is 87.8 cm³/mol. The Morgan fingerprint density at radius 2 is 2.05 bits per heavy atom. The lowest BCUT2D eigenvalue weighted by Gasteiger charge is -2.24. The first-order chi connectivity index (χ1) is 10.1. The smallest absolute Gasteiger partial charge is 0.321 e. The van der Waals surface area contributed by atoms with E-state index >= 15 is 0 Å². The standard InChI is InChI=1S/C15H20N4OS/c1-11(2)13(18-12-6-4-3-5-7-12)10-17-14(20)19-15-16-8-9-21-15/h3-9,11,13,18H,10H2,1-2H3,(H2,16,17,19,20)/t13-/m0/s1. The van der Waals surface area contributed by atoms with E-state index in [0.29, 0.717) is 17.6 Å². The van der Waals surface area contributed by atoms with Crippen LogP contribution in [-0.2, 0) is 0 Å². The zero-order valence-corrected chi connectivity index (χ0v) is 13.0. The van der Waals surface area contributed by atoms with Gasteiger partial charge in [0, 0.05) is 29.9 Å². The first-order valence-corrected chi connectivity index (χ1v) is 7.79. The zero-order chi connectivity index (χ0) is 15.1. The number of urea groups is 1. The number of anilines is 2. The Balaban J connectivity index is 1.84. The maximum absolute atomic E-state index is 11.8. The minimum Gasteiger partial charge on any atom is -0.380 e. The van der Waals surface area contributed by atoms with Crippen LogP contribution in [0.1, 0.15) is 13.8 Å². The van der Waals surface area contributed by atoms with Gasteiger partial charge in [-0.2, -0.15) is 0 Å². The molecule has 0 bridgehead atoms. The highest BCUT2D eigenvalue weighted by Crippen LogP contribution is 2.12. The van der Waals surface area contributed by atoms with E-state index in [9.17, 15) is 4.79 Å². The van der Waals surface area contributed by atoms with Crippen molar-refractivity contribution in [1.82, 2.24) is 10.3 Å². The van der Waals surface area contributed by atoms with Crippen molar-refractivity contribution in [3.05, 3.63) is 41.9 Å². The average molecular weight is 304 g/mol. The van der Waals surface area contributed by atoms with Crippen LogP contribution in [0.5, 0.6) is 0 Å². The summed E-state index contributed by atoms with van der Waals surface area (Å²) in [7, 11) is 0. The summed E-state index contributed by atoms with van der Waals surface area (Å²) in [5.41, 5.74) is 1.05. The molecule has 0 fully saturated rings. The van der Waals surface area contributed by atoms with Gasteiger partial charge in [-0.25, -0.2) is 9.78 Å². The second-order valence-electron chi connectivity index (χ2n) is 5.03. The molecule has 0 aliphatic rings. The normalized spacial score (nSPS) is 12.0. The van der Waals surface area contributed by atoms with Crippen molar-refractivity contribution in [2.45, 2.75) is 19.9 Å². The molecule has 3 N–H and O–H groups in total. The van der Waals surface area contributed by atoms with E-state index < -0.39 is 0 Å². The number of aromatic nitrogens is 1. The lowest BCUT2D eigenvalue weighted by molar-refractivity contribution is 0.251. The quantitative estimate of drug-likeness (QED) is 0.766. The molecule has 5 nitrogen and oxygen atoms in total. The SMILES string of the molecule is CC(C)[C@H](CNC(=O)Nc1nccs1)Nc1ccccc1. The molecule has 2 aromatic rings. The molecule has 0 radical (unpaired) electrons. The van der Waals surface area contributed by atoms with E-state index in [4.69, 9.17) is 0 Å². The number of rotatable bonds is 6. The van der Waals surface area contributed by atoms with Gasteiger partial charge in [0.25, 0.3) is 0 Å². The van der Waals surface area contributed by atoms with E-state index in [-0.39, 0.29) is 12.1 Å². The number of nitrogens with zero attached hydrogens (tertiary/aromatic N) is 1. The number of para-hydroxylation sites is 1. The summed E-state index contributed by atoms with van der Waals surface area (Å²) in [4.78, 5) is 15.8. The number of hydrogen-bond donors (Lipinski definition) is 3. The van der Waals surface area contributed by atoms with Gasteiger partial charge in [-0.05, 0) is 18.1 Å². The van der Waals surface area contributed by atoms with Crippen molar-refractivity contribution in [2.75, 3.05) is 17.2 Å². The molecule has 1 aromatic heterocycles. The molecule has 2 rings (SSSR count). The van der Waals surface area contributed by atoms with Gasteiger partial charge in [-0.3, -0.25) is 5.32 Å². The van der Waals surface area contributed by atoms with Crippen LogP contribution < -0.4 is 16.0 Å². The van der Waals surface area contributed by atoms with E-state index in [1.807, 2.05) is 35.7 Å². The Labute approximate surface area is 128 Å². The number of carbonyl (C=O) groups is 1.